The number of nitrogens with one attached hydrogen (secondary N) is 1. The fourth-order valence-electron chi connectivity index (χ4n) is 3.41. The van der Waals surface area contributed by atoms with Gasteiger partial charge in [-0.2, -0.15) is 0 Å². The van der Waals surface area contributed by atoms with Crippen molar-refractivity contribution in [1.29, 1.82) is 0 Å². The molecule has 27 heavy (non-hydrogen) atoms. The van der Waals surface area contributed by atoms with Crippen molar-refractivity contribution in [2.45, 2.75) is 19.8 Å². The number of amides is 1. The summed E-state index contributed by atoms with van der Waals surface area (Å²) in [4.78, 5) is 26.1. The molecule has 0 spiro atoms. The fraction of sp³-hybridized carbons (Fsp3) is 0.364. The second-order valence-electron chi connectivity index (χ2n) is 6.93. The van der Waals surface area contributed by atoms with E-state index in [-0.39, 0.29) is 17.6 Å². The molecule has 1 saturated heterocycles. The monoisotopic (exact) mass is 366 g/mol. The van der Waals surface area contributed by atoms with E-state index in [2.05, 4.69) is 10.2 Å². The smallest absolute Gasteiger partial charge is 0.216 e. The second-order valence-corrected chi connectivity index (χ2v) is 6.93. The number of benzene rings is 2. The molecule has 2 aromatic rings. The molecular formula is C22H26N2O3. The van der Waals surface area contributed by atoms with E-state index in [9.17, 15) is 9.59 Å². The molecule has 0 bridgehead atoms. The molecule has 1 heterocycles. The first-order valence-corrected chi connectivity index (χ1v) is 9.46. The van der Waals surface area contributed by atoms with Crippen molar-refractivity contribution >= 4 is 11.7 Å². The van der Waals surface area contributed by atoms with Gasteiger partial charge in [0.05, 0.1) is 0 Å². The average molecular weight is 366 g/mol. The molecule has 1 aliphatic rings. The van der Waals surface area contributed by atoms with Crippen LogP contribution in [0.3, 0.4) is 0 Å². The lowest BCUT2D eigenvalue weighted by molar-refractivity contribution is -0.119. The Balaban J connectivity index is 1.55. The number of carbonyl (C=O) groups excluding carboxylic acids is 2. The molecule has 3 rings (SSSR count). The molecule has 1 N–H and O–H groups in total. The van der Waals surface area contributed by atoms with E-state index in [4.69, 9.17) is 4.74 Å². The predicted octanol–water partition coefficient (Wildman–Crippen LogP) is 3.51. The van der Waals surface area contributed by atoms with Crippen molar-refractivity contribution in [2.24, 2.45) is 5.92 Å². The van der Waals surface area contributed by atoms with Crippen molar-refractivity contribution in [3.05, 3.63) is 60.2 Å². The van der Waals surface area contributed by atoms with E-state index in [1.54, 1.807) is 0 Å². The molecule has 0 aliphatic carbocycles. The summed E-state index contributed by atoms with van der Waals surface area (Å²) in [6.45, 7) is 4.66. The minimum absolute atomic E-state index is 0.0111. The normalized spacial score (nSPS) is 17.3. The first-order valence-electron chi connectivity index (χ1n) is 9.46. The van der Waals surface area contributed by atoms with Crippen LogP contribution < -0.4 is 10.1 Å². The van der Waals surface area contributed by atoms with Crippen LogP contribution in [0.1, 0.15) is 30.1 Å². The topological polar surface area (TPSA) is 58.6 Å². The Morgan fingerprint density at radius 1 is 1.07 bits per heavy atom. The first kappa shape index (κ1) is 19.1. The third-order valence-electron chi connectivity index (χ3n) is 4.80. The number of nitrogens with zero attached hydrogens (tertiary/aromatic N) is 1. The molecular weight excluding hydrogens is 340 g/mol. The van der Waals surface area contributed by atoms with Crippen LogP contribution in [0, 0.1) is 5.92 Å². The highest BCUT2D eigenvalue weighted by Crippen LogP contribution is 2.24. The summed E-state index contributed by atoms with van der Waals surface area (Å²) in [6, 6.07) is 17.0. The molecule has 1 fully saturated rings. The summed E-state index contributed by atoms with van der Waals surface area (Å²) in [5, 5.41) is 2.82. The Bertz CT molecular complexity index is 759. The lowest BCUT2D eigenvalue weighted by Crippen LogP contribution is -2.42. The van der Waals surface area contributed by atoms with Crippen molar-refractivity contribution in [3.63, 3.8) is 0 Å². The van der Waals surface area contributed by atoms with Crippen LogP contribution in [-0.2, 0) is 4.79 Å². The van der Waals surface area contributed by atoms with Crippen molar-refractivity contribution in [2.75, 3.05) is 26.2 Å². The third-order valence-corrected chi connectivity index (χ3v) is 4.80. The zero-order valence-electron chi connectivity index (χ0n) is 15.7. The first-order chi connectivity index (χ1) is 13.1. The van der Waals surface area contributed by atoms with Gasteiger partial charge in [0.25, 0.3) is 0 Å². The van der Waals surface area contributed by atoms with Gasteiger partial charge in [0, 0.05) is 38.0 Å². The lowest BCUT2D eigenvalue weighted by Gasteiger charge is -2.32. The minimum atomic E-state index is -0.0163. The van der Waals surface area contributed by atoms with Crippen LogP contribution in [0.2, 0.25) is 0 Å². The van der Waals surface area contributed by atoms with Gasteiger partial charge >= 0.3 is 0 Å². The second kappa shape index (κ2) is 9.33. The number of piperidine rings is 1. The van der Waals surface area contributed by atoms with Crippen LogP contribution in [0.25, 0.3) is 0 Å². The highest BCUT2D eigenvalue weighted by Gasteiger charge is 2.26. The molecule has 1 aliphatic heterocycles. The van der Waals surface area contributed by atoms with E-state index >= 15 is 0 Å². The Morgan fingerprint density at radius 3 is 2.48 bits per heavy atom. The third kappa shape index (κ3) is 5.66. The van der Waals surface area contributed by atoms with Crippen molar-refractivity contribution < 1.29 is 14.3 Å². The molecule has 0 unspecified atom stereocenters. The number of ether oxygens (including phenoxy) is 1. The molecule has 1 atom stereocenters. The van der Waals surface area contributed by atoms with E-state index in [0.29, 0.717) is 6.54 Å². The van der Waals surface area contributed by atoms with Crippen molar-refractivity contribution in [3.8, 4) is 11.5 Å². The number of hydrogen-bond donors (Lipinski definition) is 1. The number of ketones is 1. The molecule has 1 amide bonds. The molecule has 0 radical (unpaired) electrons. The number of hydrogen-bond acceptors (Lipinski definition) is 4. The maximum Gasteiger partial charge on any atom is 0.216 e. The van der Waals surface area contributed by atoms with Gasteiger partial charge in [-0.25, -0.2) is 0 Å². The minimum Gasteiger partial charge on any atom is -0.457 e. The maximum atomic E-state index is 12.9. The van der Waals surface area contributed by atoms with E-state index in [0.717, 1.165) is 49.5 Å². The fourth-order valence-corrected chi connectivity index (χ4v) is 3.41. The van der Waals surface area contributed by atoms with Crippen LogP contribution >= 0.6 is 0 Å². The molecule has 0 saturated carbocycles. The van der Waals surface area contributed by atoms with Crippen molar-refractivity contribution in [1.82, 2.24) is 10.2 Å². The molecule has 2 aromatic carbocycles. The zero-order chi connectivity index (χ0) is 19.1. The van der Waals surface area contributed by atoms with Gasteiger partial charge < -0.3 is 15.0 Å². The summed E-state index contributed by atoms with van der Waals surface area (Å²) in [5.41, 5.74) is 0.726. The molecule has 5 heteroatoms. The number of likely N-dealkylation sites (tertiary alicyclic amines) is 1. The molecule has 5 nitrogen and oxygen atoms in total. The standard InChI is InChI=1S/C22H26N2O3/c1-17(25)23-13-15-24-14-5-6-19(16-24)22(26)18-9-11-21(12-10-18)27-20-7-3-2-4-8-20/h2-4,7-12,19H,5-6,13-16H2,1H3,(H,23,25)/t19-/m1/s1. The predicted molar refractivity (Wildman–Crippen MR) is 105 cm³/mol. The Kier molecular flexibility index (Phi) is 6.60. The van der Waals surface area contributed by atoms with Gasteiger partial charge in [-0.15, -0.1) is 0 Å². The van der Waals surface area contributed by atoms with Gasteiger partial charge in [0.2, 0.25) is 5.91 Å². The van der Waals surface area contributed by atoms with Gasteiger partial charge in [0.15, 0.2) is 5.78 Å². The van der Waals surface area contributed by atoms with E-state index < -0.39 is 0 Å². The van der Waals surface area contributed by atoms with Crippen LogP contribution in [-0.4, -0.2) is 42.8 Å². The highest BCUT2D eigenvalue weighted by atomic mass is 16.5. The summed E-state index contributed by atoms with van der Waals surface area (Å²) >= 11 is 0. The summed E-state index contributed by atoms with van der Waals surface area (Å²) < 4.78 is 5.79. The SMILES string of the molecule is CC(=O)NCCN1CCC[C@@H](C(=O)c2ccc(Oc3ccccc3)cc2)C1. The van der Waals surface area contributed by atoms with E-state index in [1.165, 1.54) is 6.92 Å². The van der Waals surface area contributed by atoms with Crippen LogP contribution in [0.5, 0.6) is 11.5 Å². The molecule has 0 aromatic heterocycles. The lowest BCUT2D eigenvalue weighted by atomic mass is 9.90. The maximum absolute atomic E-state index is 12.9. The van der Waals surface area contributed by atoms with Gasteiger partial charge in [0.1, 0.15) is 11.5 Å². The zero-order valence-corrected chi connectivity index (χ0v) is 15.7. The Labute approximate surface area is 160 Å². The number of Topliss-reactive ketones (excluding diaryl/α,β-unsaturated/α-hetero) is 1. The summed E-state index contributed by atoms with van der Waals surface area (Å²) in [5.74, 6) is 1.68. The van der Waals surface area contributed by atoms with Gasteiger partial charge in [-0.05, 0) is 55.8 Å². The Hall–Kier alpha value is -2.66. The Morgan fingerprint density at radius 2 is 1.78 bits per heavy atom. The average Bonchev–Trinajstić information content (AvgIpc) is 2.69. The summed E-state index contributed by atoms with van der Waals surface area (Å²) in [6.07, 6.45) is 1.92. The largest absolute Gasteiger partial charge is 0.457 e. The number of carbonyl (C=O) groups is 2. The van der Waals surface area contributed by atoms with Gasteiger partial charge in [-0.3, -0.25) is 9.59 Å². The van der Waals surface area contributed by atoms with Crippen LogP contribution in [0.4, 0.5) is 0 Å². The highest BCUT2D eigenvalue weighted by molar-refractivity contribution is 5.98. The van der Waals surface area contributed by atoms with E-state index in [1.807, 2.05) is 54.6 Å². The number of rotatable bonds is 7. The molecule has 142 valence electrons. The van der Waals surface area contributed by atoms with Gasteiger partial charge in [-0.1, -0.05) is 18.2 Å². The summed E-state index contributed by atoms with van der Waals surface area (Å²) in [7, 11) is 0. The quantitative estimate of drug-likeness (QED) is 0.762. The van der Waals surface area contributed by atoms with Crippen LogP contribution in [0.15, 0.2) is 54.6 Å². The number of para-hydroxylation sites is 1.